The maximum absolute atomic E-state index is 12.9. The van der Waals surface area contributed by atoms with Crippen molar-refractivity contribution in [3.8, 4) is 0 Å². The van der Waals surface area contributed by atoms with Crippen LogP contribution >= 0.6 is 7.82 Å². The number of ether oxygens (including phenoxy) is 3. The molecule has 3 unspecified atom stereocenters. The van der Waals surface area contributed by atoms with Crippen LogP contribution in [-0.4, -0.2) is 66.5 Å². The number of allylic oxidation sites excluding steroid dienone is 11. The molecule has 0 saturated heterocycles. The molecule has 0 rings (SSSR count). The SMILES string of the molecule is CC/C=C\C/C=C\C/C=C\C/C=C\C/C=C\CC(=O)OC(CO)COP(=O)(O)OCC(COC(=O)CCCCCCCCCCC/C=C\CCCCCCCC)OC(=O)CCCCCCCCCCCCCCCCCCC. The van der Waals surface area contributed by atoms with Crippen molar-refractivity contribution in [3.63, 3.8) is 0 Å². The van der Waals surface area contributed by atoms with Gasteiger partial charge in [-0.3, -0.25) is 23.4 Å². The Balaban J connectivity index is 4.75. The summed E-state index contributed by atoms with van der Waals surface area (Å²) in [5.41, 5.74) is 0. The third kappa shape index (κ3) is 57.6. The summed E-state index contributed by atoms with van der Waals surface area (Å²) >= 11 is 0. The van der Waals surface area contributed by atoms with Gasteiger partial charge in [-0.2, -0.15) is 0 Å². The van der Waals surface area contributed by atoms with Gasteiger partial charge in [0.05, 0.1) is 26.2 Å². The number of rotatable bonds is 59. The second-order valence-electron chi connectivity index (χ2n) is 21.2. The molecule has 0 fully saturated rings. The molecular formula is C66H117O11P. The molecule has 0 aliphatic heterocycles. The molecular weight excluding hydrogens is 1000 g/mol. The van der Waals surface area contributed by atoms with Crippen molar-refractivity contribution in [1.82, 2.24) is 0 Å². The van der Waals surface area contributed by atoms with Crippen LogP contribution < -0.4 is 0 Å². The van der Waals surface area contributed by atoms with Gasteiger partial charge in [0.15, 0.2) is 6.10 Å². The number of unbranched alkanes of at least 4 members (excludes halogenated alkanes) is 31. The highest BCUT2D eigenvalue weighted by atomic mass is 31.2. The summed E-state index contributed by atoms with van der Waals surface area (Å²) < 4.78 is 39.5. The maximum atomic E-state index is 12.9. The lowest BCUT2D eigenvalue weighted by Gasteiger charge is -2.21. The molecule has 452 valence electrons. The smallest absolute Gasteiger partial charge is 0.462 e. The highest BCUT2D eigenvalue weighted by molar-refractivity contribution is 7.47. The first-order valence-corrected chi connectivity index (χ1v) is 33.3. The van der Waals surface area contributed by atoms with Gasteiger partial charge in [0.25, 0.3) is 0 Å². The summed E-state index contributed by atoms with van der Waals surface area (Å²) in [5.74, 6) is -1.59. The van der Waals surface area contributed by atoms with Crippen LogP contribution in [0.5, 0.6) is 0 Å². The van der Waals surface area contributed by atoms with Gasteiger partial charge < -0.3 is 24.2 Å². The number of phosphoric acid groups is 1. The molecule has 3 atom stereocenters. The molecule has 0 amide bonds. The summed E-state index contributed by atoms with van der Waals surface area (Å²) in [7, 11) is -4.78. The van der Waals surface area contributed by atoms with E-state index in [9.17, 15) is 28.9 Å². The third-order valence-corrected chi connectivity index (χ3v) is 14.6. The Kier molecular flexibility index (Phi) is 57.7. The van der Waals surface area contributed by atoms with E-state index in [-0.39, 0.29) is 25.9 Å². The Morgan fingerprint density at radius 3 is 1.12 bits per heavy atom. The first kappa shape index (κ1) is 74.9. The minimum Gasteiger partial charge on any atom is -0.462 e. The molecule has 0 spiro atoms. The second-order valence-corrected chi connectivity index (χ2v) is 22.7. The average Bonchev–Trinajstić information content (AvgIpc) is 3.43. The summed E-state index contributed by atoms with van der Waals surface area (Å²) in [6.45, 7) is 4.47. The van der Waals surface area contributed by atoms with Crippen molar-refractivity contribution in [3.05, 3.63) is 72.9 Å². The van der Waals surface area contributed by atoms with Crippen LogP contribution in [0.1, 0.15) is 290 Å². The molecule has 0 saturated carbocycles. The quantitative estimate of drug-likeness (QED) is 0.0197. The van der Waals surface area contributed by atoms with Crippen LogP contribution in [0.25, 0.3) is 0 Å². The predicted octanol–water partition coefficient (Wildman–Crippen LogP) is 19.3. The van der Waals surface area contributed by atoms with Crippen molar-refractivity contribution >= 4 is 25.7 Å². The van der Waals surface area contributed by atoms with Gasteiger partial charge >= 0.3 is 25.7 Å². The second kappa shape index (κ2) is 60.0. The van der Waals surface area contributed by atoms with Crippen molar-refractivity contribution in [2.24, 2.45) is 0 Å². The highest BCUT2D eigenvalue weighted by Gasteiger charge is 2.28. The Morgan fingerprint density at radius 2 is 0.718 bits per heavy atom. The molecule has 12 heteroatoms. The van der Waals surface area contributed by atoms with Gasteiger partial charge in [-0.25, -0.2) is 4.57 Å². The van der Waals surface area contributed by atoms with Gasteiger partial charge in [-0.15, -0.1) is 0 Å². The summed E-state index contributed by atoms with van der Waals surface area (Å²) in [5, 5.41) is 9.82. The van der Waals surface area contributed by atoms with Crippen LogP contribution in [0.15, 0.2) is 72.9 Å². The third-order valence-electron chi connectivity index (χ3n) is 13.6. The van der Waals surface area contributed by atoms with Gasteiger partial charge in [0.1, 0.15) is 12.7 Å². The Bertz CT molecular complexity index is 1590. The van der Waals surface area contributed by atoms with Crippen molar-refractivity contribution in [2.75, 3.05) is 26.4 Å². The minimum atomic E-state index is -4.78. The van der Waals surface area contributed by atoms with E-state index in [0.717, 1.165) is 64.2 Å². The van der Waals surface area contributed by atoms with E-state index in [1.165, 1.54) is 167 Å². The van der Waals surface area contributed by atoms with Gasteiger partial charge in [-0.1, -0.05) is 273 Å². The fourth-order valence-electron chi connectivity index (χ4n) is 8.84. The van der Waals surface area contributed by atoms with Gasteiger partial charge in [0, 0.05) is 12.8 Å². The molecule has 0 bridgehead atoms. The van der Waals surface area contributed by atoms with Crippen molar-refractivity contribution < 1.29 is 52.2 Å². The molecule has 0 aliphatic rings. The fourth-order valence-corrected chi connectivity index (χ4v) is 9.62. The molecule has 0 aromatic rings. The standard InChI is InChI=1S/C66H117O11P/c1-4-7-10-13-16-19-22-25-28-30-31-33-35-37-40-43-46-49-52-55-64(68)73-59-63(77-66(70)57-54-51-48-45-42-39-36-32-29-26-23-20-17-14-11-8-5-2)61-75-78(71,72)74-60-62(58-67)76-65(69)56-53-50-47-44-41-38-34-27-24-21-18-15-12-9-6-3/h9,12,18,21,25,27-28,34,41,44,50,53,62-63,67H,4-8,10-11,13-17,19-20,22-24,26,29-33,35-40,42-43,45-49,51-52,54-61H2,1-3H3,(H,71,72)/b12-9-,21-18-,28-25-,34-27-,44-41-,53-50-. The zero-order valence-corrected chi connectivity index (χ0v) is 51.0. The lowest BCUT2D eigenvalue weighted by atomic mass is 10.0. The van der Waals surface area contributed by atoms with Crippen molar-refractivity contribution in [2.45, 2.75) is 303 Å². The van der Waals surface area contributed by atoms with Crippen LogP contribution in [0.4, 0.5) is 0 Å². The first-order valence-electron chi connectivity index (χ1n) is 31.8. The van der Waals surface area contributed by atoms with Crippen LogP contribution in [0.3, 0.4) is 0 Å². The number of esters is 3. The van der Waals surface area contributed by atoms with Crippen LogP contribution in [0.2, 0.25) is 0 Å². The Labute approximate surface area is 478 Å². The monoisotopic (exact) mass is 1120 g/mol. The number of hydrogen-bond acceptors (Lipinski definition) is 10. The number of aliphatic hydroxyl groups excluding tert-OH is 1. The maximum Gasteiger partial charge on any atom is 0.472 e. The lowest BCUT2D eigenvalue weighted by Crippen LogP contribution is -2.30. The topological polar surface area (TPSA) is 155 Å². The minimum absolute atomic E-state index is 0.0550. The zero-order valence-electron chi connectivity index (χ0n) is 50.1. The van der Waals surface area contributed by atoms with E-state index >= 15 is 0 Å². The number of carbonyl (C=O) groups excluding carboxylic acids is 3. The van der Waals surface area contributed by atoms with Crippen molar-refractivity contribution in [1.29, 1.82) is 0 Å². The van der Waals surface area contributed by atoms with E-state index in [0.29, 0.717) is 19.3 Å². The molecule has 0 aliphatic carbocycles. The Morgan fingerprint density at radius 1 is 0.385 bits per heavy atom. The number of carbonyl (C=O) groups is 3. The molecule has 0 heterocycles. The zero-order chi connectivity index (χ0) is 56.9. The molecule has 2 N–H and O–H groups in total. The van der Waals surface area contributed by atoms with Gasteiger partial charge in [0.2, 0.25) is 0 Å². The molecule has 11 nitrogen and oxygen atoms in total. The first-order chi connectivity index (χ1) is 38.2. The normalized spacial score (nSPS) is 13.8. The van der Waals surface area contributed by atoms with Gasteiger partial charge in [-0.05, 0) is 70.6 Å². The molecule has 0 aromatic heterocycles. The Hall–Kier alpha value is -3.08. The lowest BCUT2D eigenvalue weighted by molar-refractivity contribution is -0.161. The van der Waals surface area contributed by atoms with E-state index in [4.69, 9.17) is 23.3 Å². The predicted molar refractivity (Wildman–Crippen MR) is 325 cm³/mol. The molecule has 0 aromatic carbocycles. The van der Waals surface area contributed by atoms with Crippen LogP contribution in [0, 0.1) is 0 Å². The summed E-state index contributed by atoms with van der Waals surface area (Å²) in [4.78, 5) is 48.6. The number of aliphatic hydroxyl groups is 1. The van der Waals surface area contributed by atoms with E-state index in [1.54, 1.807) is 6.08 Å². The average molecular weight is 1120 g/mol. The van der Waals surface area contributed by atoms with E-state index < -0.39 is 57.8 Å². The summed E-state index contributed by atoms with van der Waals surface area (Å²) in [6.07, 6.45) is 68.9. The van der Waals surface area contributed by atoms with E-state index in [2.05, 4.69) is 69.4 Å². The highest BCUT2D eigenvalue weighted by Crippen LogP contribution is 2.43. The number of phosphoric ester groups is 1. The largest absolute Gasteiger partial charge is 0.472 e. The molecule has 0 radical (unpaired) electrons. The van der Waals surface area contributed by atoms with E-state index in [1.807, 2.05) is 18.2 Å². The number of hydrogen-bond donors (Lipinski definition) is 2. The van der Waals surface area contributed by atoms with Crippen LogP contribution in [-0.2, 0) is 42.2 Å². The molecule has 78 heavy (non-hydrogen) atoms. The summed E-state index contributed by atoms with van der Waals surface area (Å²) in [6, 6.07) is 0. The fraction of sp³-hybridized carbons (Fsp3) is 0.773.